The number of aromatic nitrogens is 2. The molecule has 2 aromatic carbocycles. The molecular formula is C35H42F2N4O. The number of hydrogen-bond acceptors (Lipinski definition) is 4. The van der Waals surface area contributed by atoms with Crippen molar-refractivity contribution < 1.29 is 13.6 Å². The molecule has 1 aliphatic carbocycles. The van der Waals surface area contributed by atoms with E-state index in [-0.39, 0.29) is 11.6 Å². The zero-order valence-electron chi connectivity index (χ0n) is 25.6. The van der Waals surface area contributed by atoms with Crippen molar-refractivity contribution in [3.05, 3.63) is 130 Å². The van der Waals surface area contributed by atoms with Crippen molar-refractivity contribution in [3.8, 4) is 0 Å². The first-order chi connectivity index (χ1) is 19.9. The minimum absolute atomic E-state index is 0.0478. The van der Waals surface area contributed by atoms with Crippen LogP contribution >= 0.6 is 0 Å². The molecule has 0 amide bonds. The van der Waals surface area contributed by atoms with E-state index in [4.69, 9.17) is 4.79 Å². The molecule has 2 unspecified atom stereocenters. The number of aldehydes is 1. The summed E-state index contributed by atoms with van der Waals surface area (Å²) < 4.78 is 29.5. The van der Waals surface area contributed by atoms with Gasteiger partial charge in [-0.3, -0.25) is 0 Å². The fourth-order valence-electron chi connectivity index (χ4n) is 5.02. The highest BCUT2D eigenvalue weighted by Crippen LogP contribution is 2.36. The maximum atomic E-state index is 13.9. The predicted molar refractivity (Wildman–Crippen MR) is 168 cm³/mol. The third-order valence-corrected chi connectivity index (χ3v) is 7.80. The van der Waals surface area contributed by atoms with Gasteiger partial charge in [0.25, 0.3) is 0 Å². The Morgan fingerprint density at radius 1 is 1.12 bits per heavy atom. The van der Waals surface area contributed by atoms with Gasteiger partial charge in [0.15, 0.2) is 0 Å². The molecule has 0 aliphatic heterocycles. The third kappa shape index (κ3) is 7.32. The van der Waals surface area contributed by atoms with Crippen molar-refractivity contribution in [1.29, 1.82) is 0 Å². The minimum Gasteiger partial charge on any atom is -0.381 e. The molecule has 0 bridgehead atoms. The van der Waals surface area contributed by atoms with Crippen LogP contribution in [0.15, 0.2) is 79.3 Å². The molecule has 2 atom stereocenters. The summed E-state index contributed by atoms with van der Waals surface area (Å²) >= 11 is 0. The Morgan fingerprint density at radius 3 is 2.43 bits per heavy atom. The van der Waals surface area contributed by atoms with Crippen LogP contribution in [0.25, 0.3) is 5.70 Å². The standard InChI is InChI=1S/C33H38F2N4.C2H4O/c1-19-9-11-29-28(22(19)4)12-14-32(29)38-25(7)33(39-26(8)21(3)17-37-39)15-20(2)24(6)36-18-27-10-13-31(35)30(16-27)23(5)34;1-2-3/h9-11,13,15-17,23,32,36,38H,2,6-7,12,14,18H2,1,3-5,8H3;2H,1H3/b33-15-;. The zero-order valence-corrected chi connectivity index (χ0v) is 25.6. The first-order valence-electron chi connectivity index (χ1n) is 14.1. The lowest BCUT2D eigenvalue weighted by atomic mass is 9.99. The first kappa shape index (κ1) is 32.3. The molecule has 1 aromatic heterocycles. The van der Waals surface area contributed by atoms with Crippen molar-refractivity contribution in [2.75, 3.05) is 0 Å². The molecule has 2 N–H and O–H groups in total. The van der Waals surface area contributed by atoms with Gasteiger partial charge in [0, 0.05) is 23.5 Å². The van der Waals surface area contributed by atoms with Gasteiger partial charge in [0.05, 0.1) is 23.6 Å². The Kier molecular flexibility index (Phi) is 10.8. The number of carbonyl (C=O) groups excluding carboxylic acids is 1. The minimum atomic E-state index is -1.38. The summed E-state index contributed by atoms with van der Waals surface area (Å²) in [7, 11) is 0. The Morgan fingerprint density at radius 2 is 1.81 bits per heavy atom. The molecule has 0 radical (unpaired) electrons. The molecule has 0 fully saturated rings. The second-order valence-electron chi connectivity index (χ2n) is 10.7. The van der Waals surface area contributed by atoms with Crippen LogP contribution in [0.5, 0.6) is 0 Å². The van der Waals surface area contributed by atoms with Crippen LogP contribution in [0.3, 0.4) is 0 Å². The van der Waals surface area contributed by atoms with Crippen molar-refractivity contribution >= 4 is 12.0 Å². The normalized spacial score (nSPS) is 14.8. The lowest BCUT2D eigenvalue weighted by molar-refractivity contribution is -0.106. The Bertz CT molecular complexity index is 1530. The van der Waals surface area contributed by atoms with Gasteiger partial charge in [-0.15, -0.1) is 0 Å². The first-order valence-corrected chi connectivity index (χ1v) is 14.1. The molecule has 7 heteroatoms. The molecule has 4 rings (SSSR count). The van der Waals surface area contributed by atoms with E-state index in [1.54, 1.807) is 6.07 Å². The van der Waals surface area contributed by atoms with Crippen molar-refractivity contribution in [1.82, 2.24) is 20.4 Å². The van der Waals surface area contributed by atoms with E-state index in [0.29, 0.717) is 17.8 Å². The summed E-state index contributed by atoms with van der Waals surface area (Å²) in [5, 5.41) is 11.5. The van der Waals surface area contributed by atoms with Crippen LogP contribution in [0, 0.1) is 33.5 Å². The van der Waals surface area contributed by atoms with Gasteiger partial charge < -0.3 is 15.4 Å². The van der Waals surface area contributed by atoms with E-state index in [2.05, 4.69) is 61.4 Å². The number of allylic oxidation sites excluding steroid dienone is 2. The number of rotatable bonds is 10. The second kappa shape index (κ2) is 14.1. The van der Waals surface area contributed by atoms with Crippen LogP contribution in [-0.4, -0.2) is 16.1 Å². The Labute approximate surface area is 248 Å². The number of halogens is 2. The Balaban J connectivity index is 0.00000155. The van der Waals surface area contributed by atoms with E-state index < -0.39 is 12.0 Å². The number of aryl methyl sites for hydroxylation is 2. The maximum absolute atomic E-state index is 13.9. The average Bonchev–Trinajstić information content (AvgIpc) is 3.51. The zero-order chi connectivity index (χ0) is 31.1. The largest absolute Gasteiger partial charge is 0.381 e. The summed E-state index contributed by atoms with van der Waals surface area (Å²) in [6.07, 6.45) is 5.15. The summed E-state index contributed by atoms with van der Waals surface area (Å²) in [4.78, 5) is 8.81. The quantitative estimate of drug-likeness (QED) is 0.191. The van der Waals surface area contributed by atoms with Crippen molar-refractivity contribution in [2.24, 2.45) is 0 Å². The number of fused-ring (bicyclic) bond motifs is 1. The smallest absolute Gasteiger partial charge is 0.129 e. The summed E-state index contributed by atoms with van der Waals surface area (Å²) in [5.41, 5.74) is 11.1. The second-order valence-corrected chi connectivity index (χ2v) is 10.7. The molecular weight excluding hydrogens is 530 g/mol. The third-order valence-electron chi connectivity index (χ3n) is 7.80. The summed E-state index contributed by atoms with van der Waals surface area (Å²) in [6.45, 7) is 24.3. The SMILES string of the molecule is C=C(/C=C(/C(=C)NC1CCc2c1ccc(C)c2C)n1ncc(C)c1C)C(=C)NCc1ccc(F)c(C(C)F)c1.CC=O. The highest BCUT2D eigenvalue weighted by molar-refractivity contribution is 5.68. The van der Waals surface area contributed by atoms with Crippen LogP contribution < -0.4 is 10.6 Å². The van der Waals surface area contributed by atoms with E-state index in [1.807, 2.05) is 30.8 Å². The molecule has 42 heavy (non-hydrogen) atoms. The van der Waals surface area contributed by atoms with Gasteiger partial charge in [-0.05, 0) is 112 Å². The average molecular weight is 573 g/mol. The van der Waals surface area contributed by atoms with E-state index >= 15 is 0 Å². The van der Waals surface area contributed by atoms with E-state index in [1.165, 1.54) is 48.2 Å². The summed E-state index contributed by atoms with van der Waals surface area (Å²) in [6, 6.07) is 9.03. The lowest BCUT2D eigenvalue weighted by Crippen LogP contribution is -2.22. The fraction of sp³-hybridized carbons (Fsp3) is 0.314. The highest BCUT2D eigenvalue weighted by Gasteiger charge is 2.26. The van der Waals surface area contributed by atoms with Crippen LogP contribution in [-0.2, 0) is 17.8 Å². The number of nitrogens with one attached hydrogen (secondary N) is 2. The van der Waals surface area contributed by atoms with Crippen LogP contribution in [0.4, 0.5) is 8.78 Å². The molecule has 0 spiro atoms. The van der Waals surface area contributed by atoms with E-state index in [0.717, 1.165) is 47.3 Å². The van der Waals surface area contributed by atoms with Gasteiger partial charge in [-0.25, -0.2) is 13.5 Å². The van der Waals surface area contributed by atoms with Crippen LogP contribution in [0.1, 0.15) is 77.1 Å². The van der Waals surface area contributed by atoms with Crippen molar-refractivity contribution in [3.63, 3.8) is 0 Å². The molecule has 0 saturated heterocycles. The van der Waals surface area contributed by atoms with Crippen molar-refractivity contribution in [2.45, 2.75) is 73.1 Å². The van der Waals surface area contributed by atoms with Gasteiger partial charge in [0.1, 0.15) is 18.3 Å². The molecule has 0 saturated carbocycles. The maximum Gasteiger partial charge on any atom is 0.129 e. The van der Waals surface area contributed by atoms with Gasteiger partial charge in [-0.1, -0.05) is 37.9 Å². The lowest BCUT2D eigenvalue weighted by Gasteiger charge is -2.22. The van der Waals surface area contributed by atoms with E-state index in [9.17, 15) is 8.78 Å². The molecule has 1 aliphatic rings. The highest BCUT2D eigenvalue weighted by atomic mass is 19.1. The number of benzene rings is 2. The molecule has 1 heterocycles. The molecule has 222 valence electrons. The summed E-state index contributed by atoms with van der Waals surface area (Å²) in [5.74, 6) is -0.546. The Hall–Kier alpha value is -4.26. The predicted octanol–water partition coefficient (Wildman–Crippen LogP) is 7.98. The number of alkyl halides is 1. The number of hydrogen-bond donors (Lipinski definition) is 2. The fourth-order valence-corrected chi connectivity index (χ4v) is 5.02. The topological polar surface area (TPSA) is 59.0 Å². The monoisotopic (exact) mass is 572 g/mol. The van der Waals surface area contributed by atoms with Gasteiger partial charge in [-0.2, -0.15) is 5.10 Å². The molecule has 5 nitrogen and oxygen atoms in total. The van der Waals surface area contributed by atoms with Gasteiger partial charge >= 0.3 is 0 Å². The number of carbonyl (C=O) groups is 1. The van der Waals surface area contributed by atoms with Crippen LogP contribution in [0.2, 0.25) is 0 Å². The molecule has 3 aromatic rings. The van der Waals surface area contributed by atoms with Gasteiger partial charge in [0.2, 0.25) is 0 Å². The number of nitrogens with zero attached hydrogens (tertiary/aromatic N) is 2.